The van der Waals surface area contributed by atoms with Crippen LogP contribution in [0.15, 0.2) is 30.3 Å². The summed E-state index contributed by atoms with van der Waals surface area (Å²) in [5.41, 5.74) is 2.52. The first-order valence-corrected chi connectivity index (χ1v) is 9.93. The van der Waals surface area contributed by atoms with Crippen molar-refractivity contribution in [3.8, 4) is 11.3 Å². The fourth-order valence-electron chi connectivity index (χ4n) is 3.20. The molecule has 24 heavy (non-hydrogen) atoms. The van der Waals surface area contributed by atoms with Gasteiger partial charge in [0.1, 0.15) is 5.82 Å². The Hall–Kier alpha value is -1.73. The average molecular weight is 351 g/mol. The first kappa shape index (κ1) is 17.1. The Bertz CT molecular complexity index is 796. The lowest BCUT2D eigenvalue weighted by molar-refractivity contribution is 0.370. The molecule has 2 N–H and O–H groups in total. The Labute approximate surface area is 141 Å². The molecule has 130 valence electrons. The van der Waals surface area contributed by atoms with E-state index in [2.05, 4.69) is 14.9 Å². The lowest BCUT2D eigenvalue weighted by Crippen LogP contribution is -2.38. The number of benzene rings is 1. The van der Waals surface area contributed by atoms with Gasteiger partial charge in [-0.2, -0.15) is 5.10 Å². The van der Waals surface area contributed by atoms with Gasteiger partial charge < -0.3 is 0 Å². The SMILES string of the molecule is CCS(=O)(=O)N[C@H]1CC[C@H](c2cc(-c3cccc(F)c3)n[nH]2)CC1. The Morgan fingerprint density at radius 1 is 1.25 bits per heavy atom. The minimum absolute atomic E-state index is 0.0248. The van der Waals surface area contributed by atoms with E-state index in [-0.39, 0.29) is 17.6 Å². The van der Waals surface area contributed by atoms with Crippen LogP contribution >= 0.6 is 0 Å². The van der Waals surface area contributed by atoms with Gasteiger partial charge in [-0.3, -0.25) is 5.10 Å². The average Bonchev–Trinajstić information content (AvgIpc) is 3.05. The zero-order valence-corrected chi connectivity index (χ0v) is 14.4. The molecule has 0 amide bonds. The molecule has 0 spiro atoms. The van der Waals surface area contributed by atoms with Crippen LogP contribution in [0.4, 0.5) is 4.39 Å². The van der Waals surface area contributed by atoms with Crippen LogP contribution in [0.3, 0.4) is 0 Å². The largest absolute Gasteiger partial charge is 0.282 e. The third-order valence-corrected chi connectivity index (χ3v) is 6.06. The molecule has 0 unspecified atom stereocenters. The highest BCUT2D eigenvalue weighted by Crippen LogP contribution is 2.33. The van der Waals surface area contributed by atoms with Gasteiger partial charge >= 0.3 is 0 Å². The van der Waals surface area contributed by atoms with Crippen molar-refractivity contribution in [3.63, 3.8) is 0 Å². The molecular weight excluding hydrogens is 329 g/mol. The minimum Gasteiger partial charge on any atom is -0.282 e. The monoisotopic (exact) mass is 351 g/mol. The second-order valence-corrected chi connectivity index (χ2v) is 8.33. The highest BCUT2D eigenvalue weighted by molar-refractivity contribution is 7.89. The summed E-state index contributed by atoms with van der Waals surface area (Å²) in [6.45, 7) is 1.65. The number of rotatable bonds is 5. The van der Waals surface area contributed by atoms with Crippen LogP contribution in [0, 0.1) is 5.82 Å². The fourth-order valence-corrected chi connectivity index (χ4v) is 4.11. The van der Waals surface area contributed by atoms with Crippen molar-refractivity contribution in [2.24, 2.45) is 0 Å². The van der Waals surface area contributed by atoms with E-state index in [4.69, 9.17) is 0 Å². The first-order chi connectivity index (χ1) is 11.5. The van der Waals surface area contributed by atoms with E-state index < -0.39 is 10.0 Å². The maximum absolute atomic E-state index is 13.3. The summed E-state index contributed by atoms with van der Waals surface area (Å²) in [6, 6.07) is 8.38. The molecule has 0 saturated heterocycles. The Balaban J connectivity index is 1.63. The number of nitrogens with one attached hydrogen (secondary N) is 2. The maximum atomic E-state index is 13.3. The Morgan fingerprint density at radius 3 is 2.67 bits per heavy atom. The van der Waals surface area contributed by atoms with Crippen molar-refractivity contribution in [1.29, 1.82) is 0 Å². The minimum atomic E-state index is -3.14. The van der Waals surface area contributed by atoms with Gasteiger partial charge in [0.25, 0.3) is 0 Å². The molecule has 1 saturated carbocycles. The zero-order valence-electron chi connectivity index (χ0n) is 13.6. The van der Waals surface area contributed by atoms with Crippen LogP contribution in [0.1, 0.15) is 44.2 Å². The van der Waals surface area contributed by atoms with E-state index in [1.54, 1.807) is 13.0 Å². The second kappa shape index (κ2) is 7.03. The van der Waals surface area contributed by atoms with E-state index in [0.717, 1.165) is 42.6 Å². The molecule has 0 atom stereocenters. The number of sulfonamides is 1. The molecule has 7 heteroatoms. The molecule has 1 aromatic heterocycles. The summed E-state index contributed by atoms with van der Waals surface area (Å²) in [5, 5.41) is 7.35. The summed E-state index contributed by atoms with van der Waals surface area (Å²) >= 11 is 0. The van der Waals surface area contributed by atoms with Crippen molar-refractivity contribution in [2.75, 3.05) is 5.75 Å². The number of nitrogens with zero attached hydrogens (tertiary/aromatic N) is 1. The van der Waals surface area contributed by atoms with Crippen LogP contribution < -0.4 is 4.72 Å². The Kier molecular flexibility index (Phi) is 5.01. The number of H-pyrrole nitrogens is 1. The van der Waals surface area contributed by atoms with Crippen molar-refractivity contribution in [3.05, 3.63) is 41.8 Å². The normalized spacial score (nSPS) is 21.8. The van der Waals surface area contributed by atoms with Gasteiger partial charge in [0.2, 0.25) is 10.0 Å². The van der Waals surface area contributed by atoms with E-state index in [1.165, 1.54) is 12.1 Å². The highest BCUT2D eigenvalue weighted by atomic mass is 32.2. The molecule has 5 nitrogen and oxygen atoms in total. The molecule has 0 radical (unpaired) electrons. The third-order valence-electron chi connectivity index (χ3n) is 4.61. The predicted octanol–water partition coefficient (Wildman–Crippen LogP) is 3.18. The second-order valence-electron chi connectivity index (χ2n) is 6.29. The van der Waals surface area contributed by atoms with Gasteiger partial charge in [-0.25, -0.2) is 17.5 Å². The standard InChI is InChI=1S/C17H22FN3O2S/c1-2-24(22,23)21-15-8-6-12(7-9-15)16-11-17(20-19-16)13-4-3-5-14(18)10-13/h3-5,10-12,15,21H,2,6-9H2,1H3,(H,19,20)/t12-,15-. The molecule has 1 aliphatic rings. The highest BCUT2D eigenvalue weighted by Gasteiger charge is 2.26. The van der Waals surface area contributed by atoms with E-state index in [1.807, 2.05) is 12.1 Å². The maximum Gasteiger partial charge on any atom is 0.211 e. The van der Waals surface area contributed by atoms with Crippen LogP contribution in [-0.4, -0.2) is 30.4 Å². The lowest BCUT2D eigenvalue weighted by atomic mass is 9.84. The van der Waals surface area contributed by atoms with Gasteiger partial charge in [0.05, 0.1) is 11.4 Å². The van der Waals surface area contributed by atoms with Crippen molar-refractivity contribution < 1.29 is 12.8 Å². The van der Waals surface area contributed by atoms with E-state index >= 15 is 0 Å². The van der Waals surface area contributed by atoms with E-state index in [0.29, 0.717) is 5.92 Å². The van der Waals surface area contributed by atoms with Crippen LogP contribution in [0.2, 0.25) is 0 Å². The molecule has 3 rings (SSSR count). The van der Waals surface area contributed by atoms with Gasteiger partial charge in [-0.05, 0) is 50.8 Å². The van der Waals surface area contributed by atoms with Crippen molar-refractivity contribution in [1.82, 2.24) is 14.9 Å². The van der Waals surface area contributed by atoms with Crippen molar-refractivity contribution >= 4 is 10.0 Å². The van der Waals surface area contributed by atoms with E-state index in [9.17, 15) is 12.8 Å². The number of hydrogen-bond donors (Lipinski definition) is 2. The summed E-state index contributed by atoms with van der Waals surface area (Å²) in [5.74, 6) is 0.174. The Morgan fingerprint density at radius 2 is 2.00 bits per heavy atom. The van der Waals surface area contributed by atoms with Gasteiger partial charge in [-0.1, -0.05) is 12.1 Å². The number of halogens is 1. The predicted molar refractivity (Wildman–Crippen MR) is 91.6 cm³/mol. The number of hydrogen-bond acceptors (Lipinski definition) is 3. The molecule has 1 aliphatic carbocycles. The topological polar surface area (TPSA) is 74.8 Å². The third kappa shape index (κ3) is 4.02. The molecule has 0 aliphatic heterocycles. The molecule has 1 aromatic carbocycles. The lowest BCUT2D eigenvalue weighted by Gasteiger charge is -2.28. The summed E-state index contributed by atoms with van der Waals surface area (Å²) in [4.78, 5) is 0. The molecule has 0 bridgehead atoms. The molecule has 2 aromatic rings. The zero-order chi connectivity index (χ0) is 17.2. The van der Waals surface area contributed by atoms with Crippen LogP contribution in [0.5, 0.6) is 0 Å². The van der Waals surface area contributed by atoms with Crippen LogP contribution in [-0.2, 0) is 10.0 Å². The van der Waals surface area contributed by atoms with Crippen LogP contribution in [0.25, 0.3) is 11.3 Å². The number of aromatic nitrogens is 2. The summed E-state index contributed by atoms with van der Waals surface area (Å²) in [6.07, 6.45) is 3.44. The molecule has 1 heterocycles. The van der Waals surface area contributed by atoms with Gasteiger partial charge in [0, 0.05) is 23.2 Å². The quantitative estimate of drug-likeness (QED) is 0.869. The first-order valence-electron chi connectivity index (χ1n) is 8.28. The molecular formula is C17H22FN3O2S. The number of aromatic amines is 1. The van der Waals surface area contributed by atoms with Crippen molar-refractivity contribution in [2.45, 2.75) is 44.6 Å². The van der Waals surface area contributed by atoms with Gasteiger partial charge in [-0.15, -0.1) is 0 Å². The smallest absolute Gasteiger partial charge is 0.211 e. The summed E-state index contributed by atoms with van der Waals surface area (Å²) < 4.78 is 39.4. The fraction of sp³-hybridized carbons (Fsp3) is 0.471. The summed E-state index contributed by atoms with van der Waals surface area (Å²) in [7, 11) is -3.14. The van der Waals surface area contributed by atoms with Gasteiger partial charge in [0.15, 0.2) is 0 Å². The molecule has 1 fully saturated rings.